The normalized spacial score (nSPS) is 19.4. The SMILES string of the molecule is c1ccc2c(c1)CCC1(CCc3ccccc3NC1)CN2. The van der Waals surface area contributed by atoms with E-state index >= 15 is 0 Å². The standard InChI is InChI=1S/C19H22N2/c1-3-7-17-15(5-1)9-11-19(13-20-17)12-10-16-6-2-4-8-18(16)21-14-19/h1-8,20-21H,9-14H2. The van der Waals surface area contributed by atoms with E-state index in [1.807, 2.05) is 0 Å². The number of para-hydroxylation sites is 2. The summed E-state index contributed by atoms with van der Waals surface area (Å²) in [6, 6.07) is 17.5. The minimum absolute atomic E-state index is 0.359. The zero-order valence-corrected chi connectivity index (χ0v) is 12.4. The Balaban J connectivity index is 1.57. The van der Waals surface area contributed by atoms with Gasteiger partial charge in [-0.3, -0.25) is 0 Å². The van der Waals surface area contributed by atoms with Crippen molar-refractivity contribution >= 4 is 11.4 Å². The van der Waals surface area contributed by atoms with Crippen LogP contribution in [0.3, 0.4) is 0 Å². The molecule has 2 N–H and O–H groups in total. The number of hydrogen-bond acceptors (Lipinski definition) is 2. The number of rotatable bonds is 0. The van der Waals surface area contributed by atoms with Crippen LogP contribution in [0.15, 0.2) is 48.5 Å². The fourth-order valence-corrected chi connectivity index (χ4v) is 3.73. The average Bonchev–Trinajstić information content (AvgIpc) is 2.84. The molecule has 0 bridgehead atoms. The predicted octanol–water partition coefficient (Wildman–Crippen LogP) is 4.09. The molecule has 4 rings (SSSR count). The van der Waals surface area contributed by atoms with E-state index in [4.69, 9.17) is 0 Å². The molecule has 2 aliphatic rings. The van der Waals surface area contributed by atoms with E-state index in [1.54, 1.807) is 0 Å². The van der Waals surface area contributed by atoms with E-state index in [2.05, 4.69) is 59.2 Å². The molecule has 2 aromatic carbocycles. The highest BCUT2D eigenvalue weighted by Crippen LogP contribution is 2.38. The van der Waals surface area contributed by atoms with Gasteiger partial charge in [0.1, 0.15) is 0 Å². The van der Waals surface area contributed by atoms with Crippen LogP contribution in [0.2, 0.25) is 0 Å². The molecule has 0 unspecified atom stereocenters. The lowest BCUT2D eigenvalue weighted by Crippen LogP contribution is -2.35. The highest BCUT2D eigenvalue weighted by atomic mass is 15.0. The van der Waals surface area contributed by atoms with Crippen LogP contribution in [0, 0.1) is 5.41 Å². The molecule has 1 spiro atoms. The van der Waals surface area contributed by atoms with Crippen molar-refractivity contribution in [3.8, 4) is 0 Å². The zero-order valence-electron chi connectivity index (χ0n) is 12.4. The summed E-state index contributed by atoms with van der Waals surface area (Å²) in [5.74, 6) is 0. The van der Waals surface area contributed by atoms with Gasteiger partial charge in [-0.1, -0.05) is 36.4 Å². The summed E-state index contributed by atoms with van der Waals surface area (Å²) >= 11 is 0. The zero-order chi connectivity index (χ0) is 14.1. The Bertz CT molecular complexity index is 533. The molecule has 2 heterocycles. The summed E-state index contributed by atoms with van der Waals surface area (Å²) in [7, 11) is 0. The molecule has 0 saturated carbocycles. The highest BCUT2D eigenvalue weighted by Gasteiger charge is 2.33. The fraction of sp³-hybridized carbons (Fsp3) is 0.368. The molecule has 2 heteroatoms. The Morgan fingerprint density at radius 3 is 1.67 bits per heavy atom. The Kier molecular flexibility index (Phi) is 3.10. The van der Waals surface area contributed by atoms with Gasteiger partial charge in [0.05, 0.1) is 0 Å². The van der Waals surface area contributed by atoms with Gasteiger partial charge >= 0.3 is 0 Å². The van der Waals surface area contributed by atoms with Crippen LogP contribution in [-0.2, 0) is 12.8 Å². The maximum absolute atomic E-state index is 3.70. The van der Waals surface area contributed by atoms with E-state index in [9.17, 15) is 0 Å². The largest absolute Gasteiger partial charge is 0.384 e. The third-order valence-corrected chi connectivity index (χ3v) is 5.19. The molecule has 0 radical (unpaired) electrons. The van der Waals surface area contributed by atoms with Crippen LogP contribution in [0.4, 0.5) is 11.4 Å². The maximum Gasteiger partial charge on any atom is 0.0372 e. The number of anilines is 2. The lowest BCUT2D eigenvalue weighted by atomic mass is 9.78. The summed E-state index contributed by atoms with van der Waals surface area (Å²) in [5, 5.41) is 7.40. The van der Waals surface area contributed by atoms with E-state index in [-0.39, 0.29) is 0 Å². The molecule has 0 amide bonds. The topological polar surface area (TPSA) is 24.1 Å². The molecular weight excluding hydrogens is 256 g/mol. The molecule has 0 aromatic heterocycles. The van der Waals surface area contributed by atoms with Gasteiger partial charge in [-0.15, -0.1) is 0 Å². The lowest BCUT2D eigenvalue weighted by molar-refractivity contribution is 0.287. The summed E-state index contributed by atoms with van der Waals surface area (Å²) in [5.41, 5.74) is 5.96. The van der Waals surface area contributed by atoms with Gasteiger partial charge in [0.2, 0.25) is 0 Å². The van der Waals surface area contributed by atoms with E-state index in [1.165, 1.54) is 48.2 Å². The smallest absolute Gasteiger partial charge is 0.0372 e. The van der Waals surface area contributed by atoms with Crippen molar-refractivity contribution in [2.75, 3.05) is 23.7 Å². The number of aryl methyl sites for hydroxylation is 2. The molecule has 21 heavy (non-hydrogen) atoms. The maximum atomic E-state index is 3.70. The molecule has 2 aliphatic heterocycles. The predicted molar refractivity (Wildman–Crippen MR) is 88.9 cm³/mol. The Morgan fingerprint density at radius 2 is 1.14 bits per heavy atom. The Labute approximate surface area is 126 Å². The van der Waals surface area contributed by atoms with E-state index in [0.717, 1.165) is 13.1 Å². The number of hydrogen-bond donors (Lipinski definition) is 2. The first-order valence-electron chi connectivity index (χ1n) is 7.98. The van der Waals surface area contributed by atoms with E-state index < -0.39 is 0 Å². The minimum atomic E-state index is 0.359. The van der Waals surface area contributed by atoms with E-state index in [0.29, 0.717) is 5.41 Å². The molecule has 2 nitrogen and oxygen atoms in total. The number of fused-ring (bicyclic) bond motifs is 2. The summed E-state index contributed by atoms with van der Waals surface area (Å²) in [6.07, 6.45) is 4.89. The van der Waals surface area contributed by atoms with Gasteiger partial charge in [0.25, 0.3) is 0 Å². The van der Waals surface area contributed by atoms with Crippen molar-refractivity contribution in [3.63, 3.8) is 0 Å². The van der Waals surface area contributed by atoms with Crippen LogP contribution >= 0.6 is 0 Å². The molecule has 0 fully saturated rings. The van der Waals surface area contributed by atoms with Gasteiger partial charge < -0.3 is 10.6 Å². The molecule has 108 valence electrons. The quantitative estimate of drug-likeness (QED) is 0.758. The second-order valence-corrected chi connectivity index (χ2v) is 6.52. The number of nitrogens with one attached hydrogen (secondary N) is 2. The lowest BCUT2D eigenvalue weighted by Gasteiger charge is -2.31. The van der Waals surface area contributed by atoms with Gasteiger partial charge in [-0.05, 0) is 48.9 Å². The van der Waals surface area contributed by atoms with Crippen LogP contribution in [-0.4, -0.2) is 13.1 Å². The second-order valence-electron chi connectivity index (χ2n) is 6.52. The first kappa shape index (κ1) is 12.8. The third kappa shape index (κ3) is 2.39. The summed E-state index contributed by atoms with van der Waals surface area (Å²) in [6.45, 7) is 2.15. The van der Waals surface area contributed by atoms with Crippen molar-refractivity contribution in [1.82, 2.24) is 0 Å². The highest BCUT2D eigenvalue weighted by molar-refractivity contribution is 5.54. The van der Waals surface area contributed by atoms with Crippen molar-refractivity contribution in [2.24, 2.45) is 5.41 Å². The van der Waals surface area contributed by atoms with Crippen molar-refractivity contribution < 1.29 is 0 Å². The first-order valence-corrected chi connectivity index (χ1v) is 7.98. The van der Waals surface area contributed by atoms with Gasteiger partial charge in [-0.2, -0.15) is 0 Å². The molecule has 2 aromatic rings. The van der Waals surface area contributed by atoms with Gasteiger partial charge in [0.15, 0.2) is 0 Å². The number of benzene rings is 2. The minimum Gasteiger partial charge on any atom is -0.384 e. The molecule has 0 atom stereocenters. The van der Waals surface area contributed by atoms with Gasteiger partial charge in [0, 0.05) is 29.9 Å². The van der Waals surface area contributed by atoms with Crippen LogP contribution in [0.5, 0.6) is 0 Å². The van der Waals surface area contributed by atoms with Crippen molar-refractivity contribution in [2.45, 2.75) is 25.7 Å². The van der Waals surface area contributed by atoms with Crippen LogP contribution in [0.1, 0.15) is 24.0 Å². The third-order valence-electron chi connectivity index (χ3n) is 5.19. The fourth-order valence-electron chi connectivity index (χ4n) is 3.73. The van der Waals surface area contributed by atoms with Gasteiger partial charge in [-0.25, -0.2) is 0 Å². The first-order chi connectivity index (χ1) is 10.3. The summed E-state index contributed by atoms with van der Waals surface area (Å²) in [4.78, 5) is 0. The Hall–Kier alpha value is -1.96. The molecule has 0 saturated heterocycles. The second kappa shape index (κ2) is 5.10. The Morgan fingerprint density at radius 1 is 0.667 bits per heavy atom. The molecule has 0 aliphatic carbocycles. The average molecular weight is 278 g/mol. The summed E-state index contributed by atoms with van der Waals surface area (Å²) < 4.78 is 0. The van der Waals surface area contributed by atoms with Crippen molar-refractivity contribution in [3.05, 3.63) is 59.7 Å². The van der Waals surface area contributed by atoms with Crippen molar-refractivity contribution in [1.29, 1.82) is 0 Å². The molecular formula is C19H22N2. The monoisotopic (exact) mass is 278 g/mol. The van der Waals surface area contributed by atoms with Crippen LogP contribution < -0.4 is 10.6 Å². The van der Waals surface area contributed by atoms with Crippen LogP contribution in [0.25, 0.3) is 0 Å².